The predicted octanol–water partition coefficient (Wildman–Crippen LogP) is 4.62. The minimum absolute atomic E-state index is 0.0807. The summed E-state index contributed by atoms with van der Waals surface area (Å²) in [7, 11) is 0. The van der Waals surface area contributed by atoms with E-state index in [1.54, 1.807) is 0 Å². The van der Waals surface area contributed by atoms with Crippen molar-refractivity contribution in [2.75, 3.05) is 5.32 Å². The second-order valence-corrected chi connectivity index (χ2v) is 5.80. The Morgan fingerprint density at radius 2 is 1.77 bits per heavy atom. The molecular weight excluding hydrogens is 337 g/mol. The van der Waals surface area contributed by atoms with E-state index >= 15 is 0 Å². The molecule has 0 aliphatic rings. The molecule has 1 heterocycles. The first kappa shape index (κ1) is 14.8. The van der Waals surface area contributed by atoms with Gasteiger partial charge in [-0.3, -0.25) is 10.1 Å². The number of anilines is 1. The van der Waals surface area contributed by atoms with Crippen molar-refractivity contribution in [3.63, 3.8) is 0 Å². The lowest BCUT2D eigenvalue weighted by molar-refractivity contribution is 0.102. The van der Waals surface area contributed by atoms with Crippen LogP contribution in [0.3, 0.4) is 0 Å². The molecule has 0 bridgehead atoms. The quantitative estimate of drug-likeness (QED) is 0.738. The van der Waals surface area contributed by atoms with Crippen LogP contribution in [0.5, 0.6) is 0 Å². The predicted molar refractivity (Wildman–Crippen MR) is 78.9 cm³/mol. The maximum atomic E-state index is 13.4. The van der Waals surface area contributed by atoms with E-state index in [-0.39, 0.29) is 15.7 Å². The van der Waals surface area contributed by atoms with Gasteiger partial charge >= 0.3 is 0 Å². The molecule has 0 saturated carbocycles. The average Bonchev–Trinajstić information content (AvgIpc) is 2.79. The number of benzene rings is 2. The van der Waals surface area contributed by atoms with E-state index in [9.17, 15) is 18.0 Å². The third kappa shape index (κ3) is 2.90. The zero-order valence-electron chi connectivity index (χ0n) is 10.7. The van der Waals surface area contributed by atoms with Crippen LogP contribution in [0.25, 0.3) is 10.2 Å². The number of hydrogen-bond donors (Lipinski definition) is 1. The van der Waals surface area contributed by atoms with Crippen molar-refractivity contribution in [1.29, 1.82) is 0 Å². The maximum absolute atomic E-state index is 13.4. The summed E-state index contributed by atoms with van der Waals surface area (Å²) in [5, 5.41) is 2.50. The highest BCUT2D eigenvalue weighted by Crippen LogP contribution is 2.30. The van der Waals surface area contributed by atoms with Crippen LogP contribution in [-0.2, 0) is 0 Å². The maximum Gasteiger partial charge on any atom is 0.257 e. The van der Waals surface area contributed by atoms with E-state index < -0.39 is 23.4 Å². The Labute approximate surface area is 131 Å². The number of nitrogens with zero attached hydrogens (tertiary/aromatic N) is 1. The Hall–Kier alpha value is -2.12. The van der Waals surface area contributed by atoms with Gasteiger partial charge in [0.2, 0.25) is 0 Å². The zero-order valence-corrected chi connectivity index (χ0v) is 12.2. The number of thiazole rings is 1. The number of carbonyl (C=O) groups is 1. The van der Waals surface area contributed by atoms with Crippen molar-refractivity contribution in [1.82, 2.24) is 4.98 Å². The van der Waals surface area contributed by atoms with Gasteiger partial charge < -0.3 is 0 Å². The first-order valence-corrected chi connectivity index (χ1v) is 7.15. The second-order valence-electron chi connectivity index (χ2n) is 4.37. The molecule has 0 fully saturated rings. The van der Waals surface area contributed by atoms with Crippen molar-refractivity contribution in [3.05, 3.63) is 58.4 Å². The Kier molecular flexibility index (Phi) is 3.76. The molecule has 112 valence electrons. The summed E-state index contributed by atoms with van der Waals surface area (Å²) >= 11 is 6.67. The zero-order chi connectivity index (χ0) is 15.9. The molecule has 0 atom stereocenters. The fourth-order valence-electron chi connectivity index (χ4n) is 1.83. The second kappa shape index (κ2) is 5.58. The minimum atomic E-state index is -0.858. The minimum Gasteiger partial charge on any atom is -0.298 e. The van der Waals surface area contributed by atoms with Crippen LogP contribution in [0.1, 0.15) is 10.4 Å². The van der Waals surface area contributed by atoms with Gasteiger partial charge in [0, 0.05) is 11.6 Å². The van der Waals surface area contributed by atoms with Gasteiger partial charge in [0.1, 0.15) is 17.5 Å². The first-order chi connectivity index (χ1) is 10.4. The Balaban J connectivity index is 1.90. The van der Waals surface area contributed by atoms with Crippen LogP contribution < -0.4 is 5.32 Å². The van der Waals surface area contributed by atoms with Crippen LogP contribution in [0, 0.1) is 17.5 Å². The summed E-state index contributed by atoms with van der Waals surface area (Å²) in [5.74, 6) is -3.03. The highest BCUT2D eigenvalue weighted by atomic mass is 35.5. The third-order valence-electron chi connectivity index (χ3n) is 2.78. The molecular formula is C14H6ClF3N2OS. The van der Waals surface area contributed by atoms with Gasteiger partial charge in [0.05, 0.1) is 15.2 Å². The fraction of sp³-hybridized carbons (Fsp3) is 0. The van der Waals surface area contributed by atoms with Gasteiger partial charge in [-0.05, 0) is 24.3 Å². The van der Waals surface area contributed by atoms with Crippen molar-refractivity contribution in [3.8, 4) is 0 Å². The Morgan fingerprint density at radius 3 is 2.45 bits per heavy atom. The molecule has 0 unspecified atom stereocenters. The van der Waals surface area contributed by atoms with E-state index in [0.717, 1.165) is 23.5 Å². The van der Waals surface area contributed by atoms with Crippen LogP contribution in [0.4, 0.5) is 18.3 Å². The standard InChI is InChI=1S/C14H6ClF3N2OS/c15-9-4-11-12(5-10(9)18)22-14(19-11)20-13(21)6-1-7(16)3-8(17)2-6/h1-5H,(H,19,20,21). The van der Waals surface area contributed by atoms with Crippen LogP contribution in [0.2, 0.25) is 5.02 Å². The van der Waals surface area contributed by atoms with Gasteiger partial charge in [0.25, 0.3) is 5.91 Å². The number of amides is 1. The van der Waals surface area contributed by atoms with Gasteiger partial charge in [-0.25, -0.2) is 18.2 Å². The molecule has 3 rings (SSSR count). The monoisotopic (exact) mass is 342 g/mol. The van der Waals surface area contributed by atoms with Crippen LogP contribution in [0.15, 0.2) is 30.3 Å². The number of hydrogen-bond acceptors (Lipinski definition) is 3. The van der Waals surface area contributed by atoms with E-state index in [2.05, 4.69) is 10.3 Å². The lowest BCUT2D eigenvalue weighted by Gasteiger charge is -2.01. The molecule has 0 radical (unpaired) electrons. The lowest BCUT2D eigenvalue weighted by Crippen LogP contribution is -2.12. The summed E-state index contributed by atoms with van der Waals surface area (Å²) in [6.45, 7) is 0. The summed E-state index contributed by atoms with van der Waals surface area (Å²) in [6, 6.07) is 5.01. The molecule has 1 aromatic heterocycles. The molecule has 0 spiro atoms. The topological polar surface area (TPSA) is 42.0 Å². The molecule has 0 saturated heterocycles. The Bertz CT molecular complexity index is 838. The van der Waals surface area contributed by atoms with Crippen molar-refractivity contribution >= 4 is 44.2 Å². The van der Waals surface area contributed by atoms with Crippen molar-refractivity contribution in [2.24, 2.45) is 0 Å². The molecule has 0 aliphatic carbocycles. The molecule has 1 amide bonds. The highest BCUT2D eigenvalue weighted by Gasteiger charge is 2.13. The molecule has 8 heteroatoms. The average molecular weight is 343 g/mol. The highest BCUT2D eigenvalue weighted by molar-refractivity contribution is 7.22. The van der Waals surface area contributed by atoms with E-state index in [0.29, 0.717) is 16.3 Å². The summed E-state index contributed by atoms with van der Waals surface area (Å²) in [4.78, 5) is 16.0. The molecule has 1 N–H and O–H groups in total. The normalized spacial score (nSPS) is 10.9. The Morgan fingerprint density at radius 1 is 1.09 bits per heavy atom. The molecule has 3 aromatic rings. The number of aromatic nitrogens is 1. The number of rotatable bonds is 2. The van der Waals surface area contributed by atoms with E-state index in [4.69, 9.17) is 11.6 Å². The summed E-state index contributed by atoms with van der Waals surface area (Å²) < 4.78 is 40.0. The van der Waals surface area contributed by atoms with Gasteiger partial charge in [-0.15, -0.1) is 0 Å². The number of carbonyl (C=O) groups excluding carboxylic acids is 1. The largest absolute Gasteiger partial charge is 0.298 e. The number of fused-ring (bicyclic) bond motifs is 1. The van der Waals surface area contributed by atoms with Crippen LogP contribution >= 0.6 is 22.9 Å². The molecule has 3 nitrogen and oxygen atoms in total. The van der Waals surface area contributed by atoms with Crippen molar-refractivity contribution in [2.45, 2.75) is 0 Å². The van der Waals surface area contributed by atoms with Gasteiger partial charge in [-0.1, -0.05) is 22.9 Å². The van der Waals surface area contributed by atoms with Gasteiger partial charge in [0.15, 0.2) is 5.13 Å². The summed E-state index contributed by atoms with van der Waals surface area (Å²) in [6.07, 6.45) is 0. The number of halogens is 4. The van der Waals surface area contributed by atoms with Crippen LogP contribution in [-0.4, -0.2) is 10.9 Å². The van der Waals surface area contributed by atoms with E-state index in [1.807, 2.05) is 0 Å². The van der Waals surface area contributed by atoms with Crippen molar-refractivity contribution < 1.29 is 18.0 Å². The SMILES string of the molecule is O=C(Nc1nc2cc(Cl)c(F)cc2s1)c1cc(F)cc(F)c1. The molecule has 0 aliphatic heterocycles. The fourth-order valence-corrected chi connectivity index (χ4v) is 2.86. The smallest absolute Gasteiger partial charge is 0.257 e. The molecule has 22 heavy (non-hydrogen) atoms. The first-order valence-electron chi connectivity index (χ1n) is 5.95. The molecule has 2 aromatic carbocycles. The van der Waals surface area contributed by atoms with E-state index in [1.165, 1.54) is 12.1 Å². The summed E-state index contributed by atoms with van der Waals surface area (Å²) in [5.41, 5.74) is 0.234. The third-order valence-corrected chi connectivity index (χ3v) is 4.00. The van der Waals surface area contributed by atoms with Gasteiger partial charge in [-0.2, -0.15) is 0 Å². The number of nitrogens with one attached hydrogen (secondary N) is 1. The lowest BCUT2D eigenvalue weighted by atomic mass is 10.2.